The van der Waals surface area contributed by atoms with Crippen LogP contribution in [0.2, 0.25) is 0 Å². The van der Waals surface area contributed by atoms with Crippen molar-refractivity contribution in [2.24, 2.45) is 11.1 Å². The lowest BCUT2D eigenvalue weighted by atomic mass is 10.1. The molecule has 4 N–H and O–H groups in total. The SMILES string of the molecule is COC(CN)CC(=O)NCC1(CO)CC1. The Hall–Kier alpha value is -0.650. The van der Waals surface area contributed by atoms with E-state index in [0.29, 0.717) is 13.1 Å². The van der Waals surface area contributed by atoms with Crippen LogP contribution in [0.5, 0.6) is 0 Å². The summed E-state index contributed by atoms with van der Waals surface area (Å²) < 4.78 is 5.01. The maximum atomic E-state index is 11.4. The predicted octanol–water partition coefficient (Wildman–Crippen LogP) is -0.761. The van der Waals surface area contributed by atoms with Crippen molar-refractivity contribution in [1.29, 1.82) is 0 Å². The number of ether oxygens (including phenoxy) is 1. The lowest BCUT2D eigenvalue weighted by Gasteiger charge is -2.15. The van der Waals surface area contributed by atoms with Crippen molar-refractivity contribution < 1.29 is 14.6 Å². The van der Waals surface area contributed by atoms with Gasteiger partial charge in [0.1, 0.15) is 0 Å². The van der Waals surface area contributed by atoms with E-state index >= 15 is 0 Å². The Morgan fingerprint density at radius 1 is 1.67 bits per heavy atom. The highest BCUT2D eigenvalue weighted by atomic mass is 16.5. The molecule has 0 heterocycles. The lowest BCUT2D eigenvalue weighted by molar-refractivity contribution is -0.123. The van der Waals surface area contributed by atoms with Gasteiger partial charge in [0.25, 0.3) is 0 Å². The molecule has 0 saturated heterocycles. The number of amides is 1. The minimum atomic E-state index is -0.214. The van der Waals surface area contributed by atoms with Crippen LogP contribution in [0.15, 0.2) is 0 Å². The summed E-state index contributed by atoms with van der Waals surface area (Å²) in [6.07, 6.45) is 2.06. The van der Waals surface area contributed by atoms with E-state index in [9.17, 15) is 4.79 Å². The molecule has 1 fully saturated rings. The highest BCUT2D eigenvalue weighted by molar-refractivity contribution is 5.76. The van der Waals surface area contributed by atoms with E-state index in [2.05, 4.69) is 5.32 Å². The smallest absolute Gasteiger partial charge is 0.222 e. The summed E-state index contributed by atoms with van der Waals surface area (Å²) in [4.78, 5) is 11.4. The Balaban J connectivity index is 2.18. The molecule has 0 aromatic heterocycles. The largest absolute Gasteiger partial charge is 0.396 e. The molecule has 1 unspecified atom stereocenters. The van der Waals surface area contributed by atoms with Crippen molar-refractivity contribution in [3.63, 3.8) is 0 Å². The van der Waals surface area contributed by atoms with Crippen LogP contribution in [0.4, 0.5) is 0 Å². The average molecular weight is 216 g/mol. The lowest BCUT2D eigenvalue weighted by Crippen LogP contribution is -2.36. The quantitative estimate of drug-likeness (QED) is 0.522. The van der Waals surface area contributed by atoms with Gasteiger partial charge >= 0.3 is 0 Å². The number of aliphatic hydroxyl groups is 1. The molecule has 0 bridgehead atoms. The molecule has 1 atom stereocenters. The second-order valence-electron chi connectivity index (χ2n) is 4.23. The summed E-state index contributed by atoms with van der Waals surface area (Å²) in [5.74, 6) is -0.0629. The summed E-state index contributed by atoms with van der Waals surface area (Å²) in [6, 6.07) is 0. The number of hydrogen-bond acceptors (Lipinski definition) is 4. The van der Waals surface area contributed by atoms with Crippen LogP contribution in [0, 0.1) is 5.41 Å². The first kappa shape index (κ1) is 12.4. The first-order valence-corrected chi connectivity index (χ1v) is 5.26. The number of carbonyl (C=O) groups is 1. The third-order valence-electron chi connectivity index (χ3n) is 2.96. The molecule has 1 saturated carbocycles. The number of hydrogen-bond donors (Lipinski definition) is 3. The Kier molecular flexibility index (Phi) is 4.50. The Labute approximate surface area is 90.0 Å². The first-order chi connectivity index (χ1) is 7.15. The second-order valence-corrected chi connectivity index (χ2v) is 4.23. The Morgan fingerprint density at radius 3 is 2.73 bits per heavy atom. The molecule has 5 heteroatoms. The summed E-state index contributed by atoms with van der Waals surface area (Å²) >= 11 is 0. The minimum Gasteiger partial charge on any atom is -0.396 e. The van der Waals surface area contributed by atoms with E-state index in [4.69, 9.17) is 15.6 Å². The van der Waals surface area contributed by atoms with E-state index in [1.807, 2.05) is 0 Å². The van der Waals surface area contributed by atoms with Crippen LogP contribution in [0.25, 0.3) is 0 Å². The molecule has 1 aliphatic carbocycles. The highest BCUT2D eigenvalue weighted by Gasteiger charge is 2.42. The van der Waals surface area contributed by atoms with Crippen molar-refractivity contribution in [3.05, 3.63) is 0 Å². The second kappa shape index (κ2) is 5.44. The van der Waals surface area contributed by atoms with Gasteiger partial charge in [0, 0.05) is 25.6 Å². The van der Waals surface area contributed by atoms with Crippen molar-refractivity contribution in [2.45, 2.75) is 25.4 Å². The van der Waals surface area contributed by atoms with E-state index in [1.54, 1.807) is 7.11 Å². The molecule has 1 aliphatic rings. The fourth-order valence-electron chi connectivity index (χ4n) is 1.40. The van der Waals surface area contributed by atoms with E-state index in [0.717, 1.165) is 12.8 Å². The zero-order valence-electron chi connectivity index (χ0n) is 9.16. The molecule has 0 aromatic rings. The predicted molar refractivity (Wildman–Crippen MR) is 56.2 cm³/mol. The summed E-state index contributed by atoms with van der Waals surface area (Å²) in [6.45, 7) is 1.05. The van der Waals surface area contributed by atoms with Gasteiger partial charge in [0.15, 0.2) is 0 Å². The number of methoxy groups -OCH3 is 1. The molecule has 0 radical (unpaired) electrons. The van der Waals surface area contributed by atoms with Gasteiger partial charge in [0.2, 0.25) is 5.91 Å². The summed E-state index contributed by atoms with van der Waals surface area (Å²) in [5.41, 5.74) is 5.37. The zero-order valence-corrected chi connectivity index (χ0v) is 9.16. The molecular weight excluding hydrogens is 196 g/mol. The zero-order chi connectivity index (χ0) is 11.3. The van der Waals surface area contributed by atoms with Crippen LogP contribution >= 0.6 is 0 Å². The monoisotopic (exact) mass is 216 g/mol. The molecule has 1 rings (SSSR count). The van der Waals surface area contributed by atoms with Crippen LogP contribution in [-0.4, -0.2) is 43.9 Å². The van der Waals surface area contributed by atoms with Gasteiger partial charge in [-0.15, -0.1) is 0 Å². The fraction of sp³-hybridized carbons (Fsp3) is 0.900. The maximum absolute atomic E-state index is 11.4. The molecule has 0 aromatic carbocycles. The molecule has 0 aliphatic heterocycles. The van der Waals surface area contributed by atoms with Gasteiger partial charge < -0.3 is 20.9 Å². The minimum absolute atomic E-state index is 0.0407. The third kappa shape index (κ3) is 3.77. The number of rotatable bonds is 7. The molecule has 5 nitrogen and oxygen atoms in total. The Bertz CT molecular complexity index is 213. The topological polar surface area (TPSA) is 84.6 Å². The molecule has 88 valence electrons. The van der Waals surface area contributed by atoms with E-state index in [1.165, 1.54) is 0 Å². The van der Waals surface area contributed by atoms with Crippen LogP contribution < -0.4 is 11.1 Å². The molecular formula is C10H20N2O3. The molecule has 15 heavy (non-hydrogen) atoms. The summed E-state index contributed by atoms with van der Waals surface area (Å²) in [5, 5.41) is 11.8. The Morgan fingerprint density at radius 2 is 2.33 bits per heavy atom. The fourth-order valence-corrected chi connectivity index (χ4v) is 1.40. The van der Waals surface area contributed by atoms with Gasteiger partial charge in [-0.3, -0.25) is 4.79 Å². The molecule has 0 spiro atoms. The van der Waals surface area contributed by atoms with Crippen molar-refractivity contribution >= 4 is 5.91 Å². The van der Waals surface area contributed by atoms with Gasteiger partial charge in [0.05, 0.1) is 19.1 Å². The van der Waals surface area contributed by atoms with Crippen molar-refractivity contribution in [1.82, 2.24) is 5.32 Å². The summed E-state index contributed by atoms with van der Waals surface area (Å²) in [7, 11) is 1.54. The standard InChI is InChI=1S/C10H20N2O3/c1-15-8(5-11)4-9(14)12-6-10(7-13)2-3-10/h8,13H,2-7,11H2,1H3,(H,12,14). The van der Waals surface area contributed by atoms with E-state index in [-0.39, 0.29) is 30.5 Å². The number of carbonyl (C=O) groups excluding carboxylic acids is 1. The first-order valence-electron chi connectivity index (χ1n) is 5.26. The van der Waals surface area contributed by atoms with Gasteiger partial charge in [-0.2, -0.15) is 0 Å². The van der Waals surface area contributed by atoms with Crippen molar-refractivity contribution in [3.8, 4) is 0 Å². The number of aliphatic hydroxyl groups excluding tert-OH is 1. The number of nitrogens with two attached hydrogens (primary N) is 1. The number of nitrogens with one attached hydrogen (secondary N) is 1. The molecule has 1 amide bonds. The van der Waals surface area contributed by atoms with Crippen molar-refractivity contribution in [2.75, 3.05) is 26.8 Å². The van der Waals surface area contributed by atoms with E-state index < -0.39 is 0 Å². The van der Waals surface area contributed by atoms with Gasteiger partial charge in [-0.05, 0) is 12.8 Å². The van der Waals surface area contributed by atoms with Crippen LogP contribution in [0.1, 0.15) is 19.3 Å². The van der Waals surface area contributed by atoms with Crippen LogP contribution in [0.3, 0.4) is 0 Å². The normalized spacial score (nSPS) is 19.7. The van der Waals surface area contributed by atoms with Crippen LogP contribution in [-0.2, 0) is 9.53 Å². The average Bonchev–Trinajstić information content (AvgIpc) is 3.04. The van der Waals surface area contributed by atoms with Gasteiger partial charge in [-0.1, -0.05) is 0 Å². The highest BCUT2D eigenvalue weighted by Crippen LogP contribution is 2.44. The third-order valence-corrected chi connectivity index (χ3v) is 2.96. The van der Waals surface area contributed by atoms with Gasteiger partial charge in [-0.25, -0.2) is 0 Å². The maximum Gasteiger partial charge on any atom is 0.222 e.